The van der Waals surface area contributed by atoms with Crippen LogP contribution in [0.5, 0.6) is 0 Å². The van der Waals surface area contributed by atoms with Gasteiger partial charge in [0.2, 0.25) is 5.91 Å². The average Bonchev–Trinajstić information content (AvgIpc) is 2.67. The van der Waals surface area contributed by atoms with E-state index in [2.05, 4.69) is 15.5 Å². The quantitative estimate of drug-likeness (QED) is 0.646. The number of hydrogen-bond donors (Lipinski definition) is 1. The normalized spacial score (nSPS) is 18.3. The Morgan fingerprint density at radius 1 is 1.38 bits per heavy atom. The summed E-state index contributed by atoms with van der Waals surface area (Å²) in [5.41, 5.74) is 0.906. The van der Waals surface area contributed by atoms with Crippen molar-refractivity contribution < 1.29 is 4.79 Å². The van der Waals surface area contributed by atoms with Crippen molar-refractivity contribution in [1.29, 1.82) is 0 Å². The fourth-order valence-electron chi connectivity index (χ4n) is 1.08. The molecule has 0 atom stereocenters. The molecular formula is C10H8ClN3OS. The van der Waals surface area contributed by atoms with Gasteiger partial charge in [-0.3, -0.25) is 4.79 Å². The van der Waals surface area contributed by atoms with Crippen LogP contribution in [0.4, 0.5) is 0 Å². The highest BCUT2D eigenvalue weighted by atomic mass is 35.5. The van der Waals surface area contributed by atoms with Gasteiger partial charge in [-0.2, -0.15) is 5.10 Å². The fourth-order valence-corrected chi connectivity index (χ4v) is 1.83. The maximum Gasteiger partial charge on any atom is 0.236 e. The average molecular weight is 254 g/mol. The van der Waals surface area contributed by atoms with E-state index in [1.807, 2.05) is 12.1 Å². The van der Waals surface area contributed by atoms with Crippen LogP contribution in [0.25, 0.3) is 0 Å². The lowest BCUT2D eigenvalue weighted by Gasteiger charge is -1.92. The van der Waals surface area contributed by atoms with Gasteiger partial charge >= 0.3 is 0 Å². The monoisotopic (exact) mass is 253 g/mol. The molecule has 16 heavy (non-hydrogen) atoms. The highest BCUT2D eigenvalue weighted by molar-refractivity contribution is 8.15. The Morgan fingerprint density at radius 3 is 2.75 bits per heavy atom. The molecule has 82 valence electrons. The number of nitrogens with zero attached hydrogens (tertiary/aromatic N) is 2. The summed E-state index contributed by atoms with van der Waals surface area (Å²) in [7, 11) is 0. The molecular weight excluding hydrogens is 246 g/mol. The molecule has 1 fully saturated rings. The summed E-state index contributed by atoms with van der Waals surface area (Å²) in [6.45, 7) is 0. The number of carbonyl (C=O) groups is 1. The van der Waals surface area contributed by atoms with E-state index in [-0.39, 0.29) is 5.91 Å². The Balaban J connectivity index is 1.99. The van der Waals surface area contributed by atoms with Crippen molar-refractivity contribution in [1.82, 2.24) is 5.32 Å². The van der Waals surface area contributed by atoms with E-state index in [4.69, 9.17) is 11.6 Å². The van der Waals surface area contributed by atoms with E-state index >= 15 is 0 Å². The van der Waals surface area contributed by atoms with E-state index in [9.17, 15) is 4.79 Å². The molecule has 1 N–H and O–H groups in total. The Labute approximate surface area is 102 Å². The lowest BCUT2D eigenvalue weighted by atomic mass is 10.2. The molecule has 1 aliphatic rings. The Kier molecular flexibility index (Phi) is 3.58. The van der Waals surface area contributed by atoms with Crippen LogP contribution >= 0.6 is 23.4 Å². The molecule has 1 heterocycles. The van der Waals surface area contributed by atoms with Gasteiger partial charge in [0.15, 0.2) is 5.17 Å². The topological polar surface area (TPSA) is 53.8 Å². The number of hydrogen-bond acceptors (Lipinski definition) is 4. The molecule has 2 rings (SSSR count). The molecule has 0 aliphatic carbocycles. The highest BCUT2D eigenvalue weighted by Gasteiger charge is 2.15. The van der Waals surface area contributed by atoms with Gasteiger partial charge < -0.3 is 5.32 Å². The Hall–Kier alpha value is -1.33. The van der Waals surface area contributed by atoms with Crippen molar-refractivity contribution in [3.05, 3.63) is 34.9 Å². The van der Waals surface area contributed by atoms with E-state index < -0.39 is 0 Å². The number of benzene rings is 1. The maximum atomic E-state index is 10.8. The number of carbonyl (C=O) groups excluding carboxylic acids is 1. The molecule has 0 saturated carbocycles. The summed E-state index contributed by atoms with van der Waals surface area (Å²) < 4.78 is 0. The molecule has 0 bridgehead atoms. The van der Waals surface area contributed by atoms with Crippen molar-refractivity contribution in [3.8, 4) is 0 Å². The second kappa shape index (κ2) is 5.14. The van der Waals surface area contributed by atoms with Crippen molar-refractivity contribution >= 4 is 40.7 Å². The molecule has 1 aliphatic heterocycles. The molecule has 6 heteroatoms. The molecule has 0 radical (unpaired) electrons. The molecule has 0 aromatic heterocycles. The zero-order chi connectivity index (χ0) is 11.4. The predicted molar refractivity (Wildman–Crippen MR) is 67.1 cm³/mol. The van der Waals surface area contributed by atoms with E-state index in [1.165, 1.54) is 11.8 Å². The smallest absolute Gasteiger partial charge is 0.236 e. The van der Waals surface area contributed by atoms with Gasteiger partial charge in [0.1, 0.15) is 0 Å². The van der Waals surface area contributed by atoms with Gasteiger partial charge in [-0.1, -0.05) is 35.5 Å². The third kappa shape index (κ3) is 3.08. The molecule has 4 nitrogen and oxygen atoms in total. The second-order valence-corrected chi connectivity index (χ2v) is 4.44. The minimum atomic E-state index is -0.0366. The number of amidine groups is 1. The van der Waals surface area contributed by atoms with Crippen LogP contribution in [0.1, 0.15) is 5.56 Å². The van der Waals surface area contributed by atoms with Crippen LogP contribution in [0.15, 0.2) is 34.5 Å². The number of nitrogens with one attached hydrogen (secondary N) is 1. The largest absolute Gasteiger partial charge is 0.303 e. The van der Waals surface area contributed by atoms with Gasteiger partial charge in [0, 0.05) is 5.02 Å². The molecule has 0 unspecified atom stereocenters. The zero-order valence-corrected chi connectivity index (χ0v) is 9.76. The molecule has 1 amide bonds. The molecule has 1 saturated heterocycles. The standard InChI is InChI=1S/C10H8ClN3OS/c11-8-3-1-7(2-4-8)5-12-14-10-13-9(15)6-16-10/h1-5H,6H2,(H,13,14,15)/b12-5+. The third-order valence-corrected chi connectivity index (χ3v) is 2.93. The minimum Gasteiger partial charge on any atom is -0.303 e. The summed E-state index contributed by atoms with van der Waals surface area (Å²) in [6, 6.07) is 7.24. The molecule has 0 spiro atoms. The summed E-state index contributed by atoms with van der Waals surface area (Å²) in [6.07, 6.45) is 1.61. The van der Waals surface area contributed by atoms with Gasteiger partial charge in [0.05, 0.1) is 12.0 Å². The first-order chi connectivity index (χ1) is 7.74. The van der Waals surface area contributed by atoms with E-state index in [0.717, 1.165) is 5.56 Å². The van der Waals surface area contributed by atoms with Crippen molar-refractivity contribution in [3.63, 3.8) is 0 Å². The van der Waals surface area contributed by atoms with Crippen molar-refractivity contribution in [2.24, 2.45) is 10.2 Å². The van der Waals surface area contributed by atoms with E-state index in [1.54, 1.807) is 18.3 Å². The van der Waals surface area contributed by atoms with Crippen LogP contribution in [-0.4, -0.2) is 23.0 Å². The number of amides is 1. The summed E-state index contributed by atoms with van der Waals surface area (Å²) in [5, 5.41) is 11.6. The van der Waals surface area contributed by atoms with Crippen LogP contribution < -0.4 is 5.32 Å². The fraction of sp³-hybridized carbons (Fsp3) is 0.100. The van der Waals surface area contributed by atoms with Crippen LogP contribution in [-0.2, 0) is 4.79 Å². The first-order valence-electron chi connectivity index (χ1n) is 4.53. The van der Waals surface area contributed by atoms with Gasteiger partial charge in [-0.05, 0) is 17.7 Å². The van der Waals surface area contributed by atoms with Gasteiger partial charge in [-0.25, -0.2) is 0 Å². The molecule has 1 aromatic carbocycles. The second-order valence-electron chi connectivity index (χ2n) is 3.04. The number of halogens is 1. The number of rotatable bonds is 2. The van der Waals surface area contributed by atoms with Crippen LogP contribution in [0, 0.1) is 0 Å². The zero-order valence-electron chi connectivity index (χ0n) is 8.18. The minimum absolute atomic E-state index is 0.0366. The Morgan fingerprint density at radius 2 is 2.12 bits per heavy atom. The summed E-state index contributed by atoms with van der Waals surface area (Å²) in [5.74, 6) is 0.375. The Bertz CT molecular complexity index is 456. The summed E-state index contributed by atoms with van der Waals surface area (Å²) in [4.78, 5) is 10.8. The molecule has 1 aromatic rings. The van der Waals surface area contributed by atoms with Crippen molar-refractivity contribution in [2.45, 2.75) is 0 Å². The lowest BCUT2D eigenvalue weighted by Crippen LogP contribution is -2.19. The highest BCUT2D eigenvalue weighted by Crippen LogP contribution is 2.09. The lowest BCUT2D eigenvalue weighted by molar-refractivity contribution is -0.116. The first-order valence-corrected chi connectivity index (χ1v) is 5.89. The van der Waals surface area contributed by atoms with Gasteiger partial charge in [-0.15, -0.1) is 5.10 Å². The van der Waals surface area contributed by atoms with Crippen molar-refractivity contribution in [2.75, 3.05) is 5.75 Å². The maximum absolute atomic E-state index is 10.8. The van der Waals surface area contributed by atoms with Crippen LogP contribution in [0.2, 0.25) is 5.02 Å². The third-order valence-electron chi connectivity index (χ3n) is 1.81. The van der Waals surface area contributed by atoms with Crippen LogP contribution in [0.3, 0.4) is 0 Å². The number of thioether (sulfide) groups is 1. The van der Waals surface area contributed by atoms with E-state index in [0.29, 0.717) is 15.9 Å². The van der Waals surface area contributed by atoms with Gasteiger partial charge in [0.25, 0.3) is 0 Å². The first kappa shape index (κ1) is 11.2. The predicted octanol–water partition coefficient (Wildman–Crippen LogP) is 1.89. The SMILES string of the molecule is O=C1CS/C(=N/N=C/c2ccc(Cl)cc2)N1. The summed E-state index contributed by atoms with van der Waals surface area (Å²) >= 11 is 7.09.